The SMILES string of the molecule is CCCNC(Cc1cc(Cl)ccc1F)c1csc(C)n1. The lowest BCUT2D eigenvalue weighted by Gasteiger charge is -2.17. The van der Waals surface area contributed by atoms with Crippen LogP contribution in [0.1, 0.15) is 35.7 Å². The molecule has 1 unspecified atom stereocenters. The molecule has 0 aliphatic rings. The van der Waals surface area contributed by atoms with Gasteiger partial charge in [-0.1, -0.05) is 18.5 Å². The Labute approximate surface area is 128 Å². The second kappa shape index (κ2) is 7.16. The van der Waals surface area contributed by atoms with E-state index >= 15 is 0 Å². The van der Waals surface area contributed by atoms with Gasteiger partial charge in [0.1, 0.15) is 5.82 Å². The first kappa shape index (κ1) is 15.4. The van der Waals surface area contributed by atoms with Crippen LogP contribution in [-0.4, -0.2) is 11.5 Å². The number of rotatable bonds is 6. The maximum absolute atomic E-state index is 13.9. The first-order valence-corrected chi connectivity index (χ1v) is 7.95. The van der Waals surface area contributed by atoms with Gasteiger partial charge >= 0.3 is 0 Å². The monoisotopic (exact) mass is 312 g/mol. The predicted molar refractivity (Wildman–Crippen MR) is 83.0 cm³/mol. The van der Waals surface area contributed by atoms with E-state index in [1.807, 2.05) is 12.3 Å². The van der Waals surface area contributed by atoms with Crippen molar-refractivity contribution in [3.8, 4) is 0 Å². The van der Waals surface area contributed by atoms with Gasteiger partial charge in [-0.2, -0.15) is 0 Å². The van der Waals surface area contributed by atoms with Gasteiger partial charge in [0.05, 0.1) is 16.7 Å². The van der Waals surface area contributed by atoms with E-state index < -0.39 is 0 Å². The summed E-state index contributed by atoms with van der Waals surface area (Å²) in [4.78, 5) is 4.51. The first-order chi connectivity index (χ1) is 9.60. The molecule has 1 aromatic heterocycles. The highest BCUT2D eigenvalue weighted by Gasteiger charge is 2.16. The van der Waals surface area contributed by atoms with Crippen molar-refractivity contribution in [2.75, 3.05) is 6.54 Å². The average molecular weight is 313 g/mol. The van der Waals surface area contributed by atoms with Crippen molar-refractivity contribution in [1.82, 2.24) is 10.3 Å². The van der Waals surface area contributed by atoms with Crippen molar-refractivity contribution in [1.29, 1.82) is 0 Å². The normalized spacial score (nSPS) is 12.6. The predicted octanol–water partition coefficient (Wildman–Crippen LogP) is 4.53. The van der Waals surface area contributed by atoms with Crippen LogP contribution in [0.5, 0.6) is 0 Å². The van der Waals surface area contributed by atoms with Crippen LogP contribution < -0.4 is 5.32 Å². The summed E-state index contributed by atoms with van der Waals surface area (Å²) in [6.45, 7) is 4.96. The molecule has 2 aromatic rings. The summed E-state index contributed by atoms with van der Waals surface area (Å²) in [6, 6.07) is 4.70. The lowest BCUT2D eigenvalue weighted by Crippen LogP contribution is -2.24. The van der Waals surface area contributed by atoms with E-state index in [0.29, 0.717) is 17.0 Å². The highest BCUT2D eigenvalue weighted by atomic mass is 35.5. The van der Waals surface area contributed by atoms with Crippen molar-refractivity contribution in [3.63, 3.8) is 0 Å². The van der Waals surface area contributed by atoms with Gasteiger partial charge in [0.25, 0.3) is 0 Å². The maximum Gasteiger partial charge on any atom is 0.126 e. The summed E-state index contributed by atoms with van der Waals surface area (Å²) in [7, 11) is 0. The van der Waals surface area contributed by atoms with Crippen molar-refractivity contribution >= 4 is 22.9 Å². The van der Waals surface area contributed by atoms with Crippen molar-refractivity contribution < 1.29 is 4.39 Å². The zero-order valence-corrected chi connectivity index (χ0v) is 13.2. The fourth-order valence-electron chi connectivity index (χ4n) is 2.06. The Morgan fingerprint density at radius 3 is 2.90 bits per heavy atom. The molecule has 0 amide bonds. The van der Waals surface area contributed by atoms with Gasteiger partial charge in [-0.15, -0.1) is 11.3 Å². The molecule has 0 bridgehead atoms. The first-order valence-electron chi connectivity index (χ1n) is 6.69. The minimum absolute atomic E-state index is 0.0212. The van der Waals surface area contributed by atoms with Gasteiger partial charge in [-0.3, -0.25) is 0 Å². The molecule has 0 aliphatic carbocycles. The Morgan fingerprint density at radius 1 is 1.45 bits per heavy atom. The Hall–Kier alpha value is -0.970. The molecule has 1 atom stereocenters. The second-order valence-corrected chi connectivity index (χ2v) is 6.24. The number of aromatic nitrogens is 1. The van der Waals surface area contributed by atoms with E-state index in [1.165, 1.54) is 6.07 Å². The highest BCUT2D eigenvalue weighted by molar-refractivity contribution is 7.09. The Bertz CT molecular complexity index is 571. The van der Waals surface area contributed by atoms with Crippen molar-refractivity contribution in [2.45, 2.75) is 32.7 Å². The summed E-state index contributed by atoms with van der Waals surface area (Å²) >= 11 is 7.57. The van der Waals surface area contributed by atoms with Crippen LogP contribution in [0.25, 0.3) is 0 Å². The molecule has 1 heterocycles. The fourth-order valence-corrected chi connectivity index (χ4v) is 2.92. The lowest BCUT2D eigenvalue weighted by molar-refractivity contribution is 0.505. The van der Waals surface area contributed by atoms with Crippen LogP contribution in [0.2, 0.25) is 5.02 Å². The van der Waals surface area contributed by atoms with Crippen LogP contribution in [-0.2, 0) is 6.42 Å². The van der Waals surface area contributed by atoms with Gasteiger partial charge in [0.2, 0.25) is 0 Å². The standard InChI is InChI=1S/C15H18ClFN2S/c1-3-6-18-14(15-9-20-10(2)19-15)8-11-7-12(16)4-5-13(11)17/h4-5,7,9,14,18H,3,6,8H2,1-2H3. The van der Waals surface area contributed by atoms with E-state index in [0.717, 1.165) is 23.7 Å². The number of aryl methyl sites for hydroxylation is 1. The molecular formula is C15H18ClFN2S. The molecule has 2 rings (SSSR count). The van der Waals surface area contributed by atoms with Crippen LogP contribution >= 0.6 is 22.9 Å². The molecule has 2 nitrogen and oxygen atoms in total. The number of nitrogens with one attached hydrogen (secondary N) is 1. The summed E-state index contributed by atoms with van der Waals surface area (Å²) in [5.74, 6) is -0.218. The maximum atomic E-state index is 13.9. The van der Waals surface area contributed by atoms with Crippen LogP contribution in [0, 0.1) is 12.7 Å². The number of nitrogens with zero attached hydrogens (tertiary/aromatic N) is 1. The van der Waals surface area contributed by atoms with Crippen molar-refractivity contribution in [2.24, 2.45) is 0 Å². The van der Waals surface area contributed by atoms with Crippen LogP contribution in [0.15, 0.2) is 23.6 Å². The number of thiazole rings is 1. The number of benzene rings is 1. The quantitative estimate of drug-likeness (QED) is 0.848. The second-order valence-electron chi connectivity index (χ2n) is 4.74. The van der Waals surface area contributed by atoms with Crippen LogP contribution in [0.3, 0.4) is 0 Å². The third-order valence-electron chi connectivity index (χ3n) is 3.07. The zero-order valence-electron chi connectivity index (χ0n) is 11.6. The number of hydrogen-bond donors (Lipinski definition) is 1. The van der Waals surface area contributed by atoms with E-state index in [9.17, 15) is 4.39 Å². The summed E-state index contributed by atoms with van der Waals surface area (Å²) in [5.41, 5.74) is 1.59. The molecule has 1 aromatic carbocycles. The average Bonchev–Trinajstić information content (AvgIpc) is 2.85. The minimum atomic E-state index is -0.218. The third-order valence-corrected chi connectivity index (χ3v) is 4.09. The Balaban J connectivity index is 2.21. The van der Waals surface area contributed by atoms with Crippen LogP contribution in [0.4, 0.5) is 4.39 Å². The summed E-state index contributed by atoms with van der Waals surface area (Å²) in [6.07, 6.45) is 1.58. The molecule has 0 saturated carbocycles. The minimum Gasteiger partial charge on any atom is -0.308 e. The zero-order chi connectivity index (χ0) is 14.5. The molecule has 108 valence electrons. The van der Waals surface area contributed by atoms with E-state index in [-0.39, 0.29) is 11.9 Å². The Morgan fingerprint density at radius 2 is 2.25 bits per heavy atom. The molecule has 1 N–H and O–H groups in total. The fraction of sp³-hybridized carbons (Fsp3) is 0.400. The molecule has 20 heavy (non-hydrogen) atoms. The highest BCUT2D eigenvalue weighted by Crippen LogP contribution is 2.24. The topological polar surface area (TPSA) is 24.9 Å². The van der Waals surface area contributed by atoms with Gasteiger partial charge in [0.15, 0.2) is 0 Å². The summed E-state index contributed by atoms with van der Waals surface area (Å²) in [5, 5.41) is 7.04. The molecule has 0 spiro atoms. The number of hydrogen-bond acceptors (Lipinski definition) is 3. The number of halogens is 2. The van der Waals surface area contributed by atoms with E-state index in [4.69, 9.17) is 11.6 Å². The Kier molecular flexibility index (Phi) is 5.52. The summed E-state index contributed by atoms with van der Waals surface area (Å²) < 4.78 is 13.9. The van der Waals surface area contributed by atoms with E-state index in [2.05, 4.69) is 17.2 Å². The van der Waals surface area contributed by atoms with Gasteiger partial charge < -0.3 is 5.32 Å². The molecule has 0 radical (unpaired) electrons. The lowest BCUT2D eigenvalue weighted by atomic mass is 10.0. The third kappa shape index (κ3) is 4.01. The molecule has 0 saturated heterocycles. The molecule has 0 fully saturated rings. The molecular weight excluding hydrogens is 295 g/mol. The largest absolute Gasteiger partial charge is 0.308 e. The van der Waals surface area contributed by atoms with Crippen molar-refractivity contribution in [3.05, 3.63) is 50.7 Å². The molecule has 0 aliphatic heterocycles. The molecule has 5 heteroatoms. The van der Waals surface area contributed by atoms with Gasteiger partial charge in [-0.25, -0.2) is 9.37 Å². The van der Waals surface area contributed by atoms with E-state index in [1.54, 1.807) is 23.5 Å². The van der Waals surface area contributed by atoms with Gasteiger partial charge in [0, 0.05) is 10.4 Å². The smallest absolute Gasteiger partial charge is 0.126 e. The van der Waals surface area contributed by atoms with Gasteiger partial charge in [-0.05, 0) is 50.1 Å².